The second kappa shape index (κ2) is 5.17. The minimum Gasteiger partial charge on any atom is -0.225 e. The van der Waals surface area contributed by atoms with Gasteiger partial charge in [0.1, 0.15) is 0 Å². The molecule has 1 saturated carbocycles. The van der Waals surface area contributed by atoms with Crippen LogP contribution in [0.15, 0.2) is 29.2 Å². The molecule has 0 radical (unpaired) electrons. The first kappa shape index (κ1) is 13.5. The van der Waals surface area contributed by atoms with Gasteiger partial charge >= 0.3 is 0 Å². The summed E-state index contributed by atoms with van der Waals surface area (Å²) in [5, 5.41) is 5.20. The fourth-order valence-electron chi connectivity index (χ4n) is 2.31. The summed E-state index contributed by atoms with van der Waals surface area (Å²) in [7, 11) is -3.57. The first-order chi connectivity index (χ1) is 7.09. The molecule has 0 saturated heterocycles. The molecule has 1 aliphatic rings. The van der Waals surface area contributed by atoms with Crippen molar-refractivity contribution < 1.29 is 8.42 Å². The van der Waals surface area contributed by atoms with Crippen molar-refractivity contribution in [2.24, 2.45) is 5.14 Å². The second-order valence-electron chi connectivity index (χ2n) is 4.06. The monoisotopic (exact) mass is 261 g/mol. The van der Waals surface area contributed by atoms with Gasteiger partial charge in [-0.3, -0.25) is 0 Å². The third-order valence-electron chi connectivity index (χ3n) is 3.02. The van der Waals surface area contributed by atoms with E-state index in [4.69, 9.17) is 5.14 Å². The fourth-order valence-corrected chi connectivity index (χ4v) is 3.15. The van der Waals surface area contributed by atoms with Crippen molar-refractivity contribution in [1.82, 2.24) is 0 Å². The summed E-state index contributed by atoms with van der Waals surface area (Å²) >= 11 is 0. The van der Waals surface area contributed by atoms with Crippen molar-refractivity contribution in [2.75, 3.05) is 0 Å². The lowest BCUT2D eigenvalue weighted by molar-refractivity contribution is 0.593. The number of hydrogen-bond donors (Lipinski definition) is 1. The summed E-state index contributed by atoms with van der Waals surface area (Å²) in [6.45, 7) is 0. The smallest absolute Gasteiger partial charge is 0.225 e. The van der Waals surface area contributed by atoms with Gasteiger partial charge in [-0.1, -0.05) is 31.0 Å². The highest BCUT2D eigenvalue weighted by molar-refractivity contribution is 7.89. The van der Waals surface area contributed by atoms with Gasteiger partial charge in [0.2, 0.25) is 10.0 Å². The Labute approximate surface area is 103 Å². The number of halogens is 1. The molecular weight excluding hydrogens is 246 g/mol. The Balaban J connectivity index is 0.00000128. The SMILES string of the molecule is Cl.NS(=O)(=O)c1ccccc1C1CCCC1. The molecule has 1 aliphatic carbocycles. The molecule has 3 nitrogen and oxygen atoms in total. The van der Waals surface area contributed by atoms with Gasteiger partial charge in [-0.15, -0.1) is 12.4 Å². The van der Waals surface area contributed by atoms with Crippen LogP contribution in [0.4, 0.5) is 0 Å². The molecule has 1 aromatic rings. The Morgan fingerprint density at radius 2 is 1.69 bits per heavy atom. The molecule has 90 valence electrons. The Bertz CT molecular complexity index is 453. The lowest BCUT2D eigenvalue weighted by Crippen LogP contribution is -2.15. The number of hydrogen-bond acceptors (Lipinski definition) is 2. The largest absolute Gasteiger partial charge is 0.238 e. The number of benzene rings is 1. The van der Waals surface area contributed by atoms with Crippen molar-refractivity contribution in [3.63, 3.8) is 0 Å². The quantitative estimate of drug-likeness (QED) is 0.889. The predicted octanol–water partition coefficient (Wildman–Crippen LogP) is 2.41. The van der Waals surface area contributed by atoms with Gasteiger partial charge in [0, 0.05) is 0 Å². The topological polar surface area (TPSA) is 60.2 Å². The van der Waals surface area contributed by atoms with Crippen LogP contribution in [0.1, 0.15) is 37.2 Å². The lowest BCUT2D eigenvalue weighted by atomic mass is 9.98. The molecule has 0 heterocycles. The molecule has 0 unspecified atom stereocenters. The molecule has 0 spiro atoms. The van der Waals surface area contributed by atoms with Gasteiger partial charge in [-0.25, -0.2) is 13.6 Å². The summed E-state index contributed by atoms with van der Waals surface area (Å²) in [6, 6.07) is 7.08. The molecule has 0 aromatic heterocycles. The van der Waals surface area contributed by atoms with Gasteiger partial charge in [-0.2, -0.15) is 0 Å². The highest BCUT2D eigenvalue weighted by atomic mass is 35.5. The molecule has 1 aromatic carbocycles. The van der Waals surface area contributed by atoms with Gasteiger partial charge in [-0.05, 0) is 30.4 Å². The highest BCUT2D eigenvalue weighted by Crippen LogP contribution is 2.36. The van der Waals surface area contributed by atoms with E-state index < -0.39 is 10.0 Å². The maximum atomic E-state index is 11.4. The zero-order valence-electron chi connectivity index (χ0n) is 8.93. The Kier molecular flexibility index (Phi) is 4.35. The molecule has 0 bridgehead atoms. The normalized spacial score (nSPS) is 17.1. The van der Waals surface area contributed by atoms with Crippen LogP contribution in [-0.4, -0.2) is 8.42 Å². The van der Waals surface area contributed by atoms with E-state index in [0.29, 0.717) is 10.8 Å². The Morgan fingerprint density at radius 3 is 2.25 bits per heavy atom. The van der Waals surface area contributed by atoms with Crippen LogP contribution < -0.4 is 5.14 Å². The van der Waals surface area contributed by atoms with Crippen LogP contribution in [0.25, 0.3) is 0 Å². The highest BCUT2D eigenvalue weighted by Gasteiger charge is 2.23. The number of primary sulfonamides is 1. The van der Waals surface area contributed by atoms with Crippen LogP contribution in [0.2, 0.25) is 0 Å². The zero-order valence-corrected chi connectivity index (χ0v) is 10.6. The summed E-state index contributed by atoms with van der Waals surface area (Å²) in [6.07, 6.45) is 4.52. The van der Waals surface area contributed by atoms with E-state index in [2.05, 4.69) is 0 Å². The Hall–Kier alpha value is -0.580. The third kappa shape index (κ3) is 2.75. The average molecular weight is 262 g/mol. The molecular formula is C11H16ClNO2S. The molecule has 2 N–H and O–H groups in total. The van der Waals surface area contributed by atoms with Gasteiger partial charge in [0.25, 0.3) is 0 Å². The van der Waals surface area contributed by atoms with Crippen molar-refractivity contribution in [3.8, 4) is 0 Å². The number of sulfonamides is 1. The molecule has 16 heavy (non-hydrogen) atoms. The Morgan fingerprint density at radius 1 is 1.12 bits per heavy atom. The van der Waals surface area contributed by atoms with Gasteiger partial charge in [0.15, 0.2) is 0 Å². The molecule has 5 heteroatoms. The van der Waals surface area contributed by atoms with E-state index in [9.17, 15) is 8.42 Å². The standard InChI is InChI=1S/C11H15NO2S.ClH/c12-15(13,14)11-8-4-3-7-10(11)9-5-1-2-6-9;/h3-4,7-9H,1-2,5-6H2,(H2,12,13,14);1H. The number of nitrogens with two attached hydrogens (primary N) is 1. The van der Waals surface area contributed by atoms with Gasteiger partial charge < -0.3 is 0 Å². The van der Waals surface area contributed by atoms with Gasteiger partial charge in [0.05, 0.1) is 4.90 Å². The fraction of sp³-hybridized carbons (Fsp3) is 0.455. The van der Waals surface area contributed by atoms with Crippen LogP contribution in [0.3, 0.4) is 0 Å². The maximum absolute atomic E-state index is 11.4. The van der Waals surface area contributed by atoms with Crippen LogP contribution in [0.5, 0.6) is 0 Å². The summed E-state index contributed by atoms with van der Waals surface area (Å²) in [4.78, 5) is 0.303. The van der Waals surface area contributed by atoms with Crippen molar-refractivity contribution in [3.05, 3.63) is 29.8 Å². The van der Waals surface area contributed by atoms with Crippen LogP contribution >= 0.6 is 12.4 Å². The van der Waals surface area contributed by atoms with Crippen molar-refractivity contribution in [1.29, 1.82) is 0 Å². The maximum Gasteiger partial charge on any atom is 0.238 e. The van der Waals surface area contributed by atoms with E-state index in [-0.39, 0.29) is 12.4 Å². The van der Waals surface area contributed by atoms with Crippen LogP contribution in [0, 0.1) is 0 Å². The molecule has 0 amide bonds. The third-order valence-corrected chi connectivity index (χ3v) is 4.01. The lowest BCUT2D eigenvalue weighted by Gasteiger charge is -2.13. The van der Waals surface area contributed by atoms with Crippen molar-refractivity contribution >= 4 is 22.4 Å². The van der Waals surface area contributed by atoms with Crippen molar-refractivity contribution in [2.45, 2.75) is 36.5 Å². The van der Waals surface area contributed by atoms with E-state index >= 15 is 0 Å². The zero-order chi connectivity index (χ0) is 10.9. The first-order valence-corrected chi connectivity index (χ1v) is 6.75. The number of rotatable bonds is 2. The minimum absolute atomic E-state index is 0. The summed E-state index contributed by atoms with van der Waals surface area (Å²) in [5.41, 5.74) is 0.900. The molecule has 1 fully saturated rings. The van der Waals surface area contributed by atoms with E-state index in [1.165, 1.54) is 12.8 Å². The summed E-state index contributed by atoms with van der Waals surface area (Å²) in [5.74, 6) is 0.375. The first-order valence-electron chi connectivity index (χ1n) is 5.21. The molecule has 2 rings (SSSR count). The second-order valence-corrected chi connectivity index (χ2v) is 5.59. The molecule has 0 aliphatic heterocycles. The van der Waals surface area contributed by atoms with Crippen LogP contribution in [-0.2, 0) is 10.0 Å². The average Bonchev–Trinajstić information content (AvgIpc) is 2.69. The van der Waals surface area contributed by atoms with E-state index in [1.807, 2.05) is 12.1 Å². The minimum atomic E-state index is -3.57. The summed E-state index contributed by atoms with van der Waals surface area (Å²) < 4.78 is 22.8. The van der Waals surface area contributed by atoms with E-state index in [1.54, 1.807) is 12.1 Å². The predicted molar refractivity (Wildman–Crippen MR) is 66.3 cm³/mol. The van der Waals surface area contributed by atoms with E-state index in [0.717, 1.165) is 18.4 Å². The molecule has 0 atom stereocenters.